The molecule has 0 spiro atoms. The van der Waals surface area contributed by atoms with Gasteiger partial charge in [0.25, 0.3) is 0 Å². The molecule has 3 rings (SSSR count). The van der Waals surface area contributed by atoms with E-state index >= 15 is 0 Å². The largest absolute Gasteiger partial charge is 0.379 e. The summed E-state index contributed by atoms with van der Waals surface area (Å²) < 4.78 is 5.36. The van der Waals surface area contributed by atoms with Crippen molar-refractivity contribution in [2.24, 2.45) is 4.99 Å². The number of pyridine rings is 1. The van der Waals surface area contributed by atoms with Crippen LogP contribution in [0.3, 0.4) is 0 Å². The van der Waals surface area contributed by atoms with Crippen LogP contribution in [-0.2, 0) is 9.53 Å². The van der Waals surface area contributed by atoms with Crippen LogP contribution in [0.25, 0.3) is 15.7 Å². The van der Waals surface area contributed by atoms with Crippen LogP contribution in [0, 0.1) is 0 Å². The first-order valence-corrected chi connectivity index (χ1v) is 10.8. The molecule has 0 unspecified atom stereocenters. The van der Waals surface area contributed by atoms with Gasteiger partial charge < -0.3 is 10.1 Å². The third-order valence-corrected chi connectivity index (χ3v) is 5.76. The average Bonchev–Trinajstić information content (AvgIpc) is 2.72. The molecule has 1 aromatic heterocycles. The van der Waals surface area contributed by atoms with Crippen LogP contribution in [-0.4, -0.2) is 53.2 Å². The highest BCUT2D eigenvalue weighted by Gasteiger charge is 2.23. The maximum absolute atomic E-state index is 12.7. The molecule has 1 fully saturated rings. The van der Waals surface area contributed by atoms with Gasteiger partial charge in [-0.05, 0) is 43.9 Å². The molecule has 1 saturated heterocycles. The summed E-state index contributed by atoms with van der Waals surface area (Å²) in [5.74, 6) is 0.481. The number of benzene rings is 1. The lowest BCUT2D eigenvalue weighted by Crippen LogP contribution is -2.47. The number of carbonyl (C=O) groups is 1. The number of hydrogen-bond acceptors (Lipinski definition) is 6. The fourth-order valence-corrected chi connectivity index (χ4v) is 4.08. The van der Waals surface area contributed by atoms with E-state index in [1.165, 1.54) is 11.8 Å². The maximum atomic E-state index is 12.7. The summed E-state index contributed by atoms with van der Waals surface area (Å²) in [6.45, 7) is 16.6. The van der Waals surface area contributed by atoms with E-state index in [1.807, 2.05) is 39.0 Å². The lowest BCUT2D eigenvalue weighted by Gasteiger charge is -2.31. The Morgan fingerprint density at radius 1 is 1.23 bits per heavy atom. The summed E-state index contributed by atoms with van der Waals surface area (Å²) in [6.07, 6.45) is 1.78. The molecule has 0 saturated carbocycles. The molecule has 7 heteroatoms. The molecule has 1 atom stereocenters. The Balaban J connectivity index is 1.73. The Labute approximate surface area is 182 Å². The number of aliphatic imine (C=N–C) groups is 1. The van der Waals surface area contributed by atoms with Crippen LogP contribution in [0.2, 0.25) is 0 Å². The number of nitrogens with one attached hydrogen (secondary N) is 1. The normalized spacial score (nSPS) is 16.3. The number of allylic oxidation sites excluding steroid dienone is 1. The Morgan fingerprint density at radius 3 is 2.67 bits per heavy atom. The van der Waals surface area contributed by atoms with Gasteiger partial charge in [0, 0.05) is 35.3 Å². The molecule has 1 aromatic carbocycles. The van der Waals surface area contributed by atoms with E-state index in [0.29, 0.717) is 19.0 Å². The van der Waals surface area contributed by atoms with Gasteiger partial charge in [-0.25, -0.2) is 4.98 Å². The summed E-state index contributed by atoms with van der Waals surface area (Å²) in [5, 5.41) is 5.84. The van der Waals surface area contributed by atoms with Gasteiger partial charge in [-0.1, -0.05) is 37.1 Å². The number of carbonyl (C=O) groups excluding carboxylic acids is 1. The van der Waals surface area contributed by atoms with Crippen LogP contribution < -0.4 is 5.32 Å². The summed E-state index contributed by atoms with van der Waals surface area (Å²) in [5.41, 5.74) is 1.78. The summed E-state index contributed by atoms with van der Waals surface area (Å²) >= 11 is 1.52. The summed E-state index contributed by atoms with van der Waals surface area (Å²) in [7, 11) is 0. The van der Waals surface area contributed by atoms with Crippen molar-refractivity contribution in [3.05, 3.63) is 54.9 Å². The number of anilines is 1. The van der Waals surface area contributed by atoms with E-state index in [0.717, 1.165) is 45.1 Å². The minimum absolute atomic E-state index is 0.0634. The molecule has 2 heterocycles. The van der Waals surface area contributed by atoms with Crippen LogP contribution in [0.5, 0.6) is 0 Å². The quantitative estimate of drug-likeness (QED) is 0.544. The second kappa shape index (κ2) is 10.0. The molecule has 2 aromatic rings. The average molecular weight is 425 g/mol. The van der Waals surface area contributed by atoms with E-state index in [2.05, 4.69) is 39.4 Å². The number of rotatable bonds is 6. The number of hydrogen-bond donors (Lipinski definition) is 1. The maximum Gasteiger partial charge on any atom is 0.242 e. The predicted octanol–water partition coefficient (Wildman–Crippen LogP) is 4.55. The molecule has 1 aliphatic rings. The molecule has 1 aliphatic heterocycles. The molecule has 0 aliphatic carbocycles. The fourth-order valence-electron chi connectivity index (χ4n) is 3.27. The van der Waals surface area contributed by atoms with Gasteiger partial charge in [0.2, 0.25) is 5.91 Å². The van der Waals surface area contributed by atoms with Gasteiger partial charge in [-0.15, -0.1) is 0 Å². The van der Waals surface area contributed by atoms with Crippen LogP contribution >= 0.6 is 11.8 Å². The Kier molecular flexibility index (Phi) is 7.42. The minimum atomic E-state index is -0.232. The van der Waals surface area contributed by atoms with Crippen molar-refractivity contribution in [1.82, 2.24) is 9.88 Å². The Morgan fingerprint density at radius 2 is 1.97 bits per heavy atom. The first-order valence-electron chi connectivity index (χ1n) is 9.94. The molecule has 1 amide bonds. The zero-order chi connectivity index (χ0) is 21.7. The Bertz CT molecular complexity index is 996. The van der Waals surface area contributed by atoms with Gasteiger partial charge in [-0.3, -0.25) is 14.7 Å². The molecule has 30 heavy (non-hydrogen) atoms. The zero-order valence-electron chi connectivity index (χ0n) is 17.8. The topological polar surface area (TPSA) is 66.8 Å². The number of aromatic nitrogens is 1. The number of ether oxygens (including phenoxy) is 1. The van der Waals surface area contributed by atoms with Crippen LogP contribution in [0.4, 0.5) is 5.82 Å². The standard InChI is InChI=1S/C23H28N4O2S/c1-15(2)25-18(5)30-17(4)19-6-7-20-14-24-22(13-21(20)12-19)26-23(28)16(3)27-8-10-29-11-9-27/h6-7,12-14,16H,1,4,8-11H2,2-3,5H3,(H,24,26,28)/b25-18-/t16-/m0/s1. The predicted molar refractivity (Wildman–Crippen MR) is 127 cm³/mol. The van der Waals surface area contributed by atoms with Crippen molar-refractivity contribution < 1.29 is 9.53 Å². The smallest absolute Gasteiger partial charge is 0.242 e. The SMILES string of the molecule is C=C(C)/N=C(/C)SC(=C)c1ccc2cnc(NC(=O)[C@H](C)N3CCOCC3)cc2c1. The highest BCUT2D eigenvalue weighted by Crippen LogP contribution is 2.30. The third kappa shape index (κ3) is 5.78. The molecular weight excluding hydrogens is 396 g/mol. The van der Waals surface area contributed by atoms with Crippen molar-refractivity contribution in [2.45, 2.75) is 26.8 Å². The molecule has 6 nitrogen and oxygen atoms in total. The van der Waals surface area contributed by atoms with Crippen LogP contribution in [0.15, 0.2) is 54.3 Å². The van der Waals surface area contributed by atoms with Gasteiger partial charge >= 0.3 is 0 Å². The Hall–Kier alpha value is -2.48. The lowest BCUT2D eigenvalue weighted by atomic mass is 10.1. The van der Waals surface area contributed by atoms with E-state index in [4.69, 9.17) is 4.74 Å². The number of thioether (sulfide) groups is 1. The molecule has 0 bridgehead atoms. The van der Waals surface area contributed by atoms with E-state index < -0.39 is 0 Å². The van der Waals surface area contributed by atoms with E-state index in [9.17, 15) is 4.79 Å². The minimum Gasteiger partial charge on any atom is -0.379 e. The number of morpholine rings is 1. The third-order valence-electron chi connectivity index (χ3n) is 4.89. The monoisotopic (exact) mass is 424 g/mol. The number of nitrogens with zero attached hydrogens (tertiary/aromatic N) is 3. The van der Waals surface area contributed by atoms with E-state index in [-0.39, 0.29) is 11.9 Å². The van der Waals surface area contributed by atoms with Crippen LogP contribution in [0.1, 0.15) is 26.3 Å². The zero-order valence-corrected chi connectivity index (χ0v) is 18.6. The molecule has 158 valence electrons. The van der Waals surface area contributed by atoms with Crippen molar-refractivity contribution >= 4 is 44.2 Å². The first-order chi connectivity index (χ1) is 14.3. The van der Waals surface area contributed by atoms with Crippen molar-refractivity contribution in [2.75, 3.05) is 31.6 Å². The van der Waals surface area contributed by atoms with Gasteiger partial charge in [0.1, 0.15) is 5.82 Å². The molecular formula is C23H28N4O2S. The fraction of sp³-hybridized carbons (Fsp3) is 0.348. The lowest BCUT2D eigenvalue weighted by molar-refractivity contribution is -0.122. The second-order valence-corrected chi connectivity index (χ2v) is 8.62. The first kappa shape index (κ1) is 22.2. The van der Waals surface area contributed by atoms with Gasteiger partial charge in [0.05, 0.1) is 24.3 Å². The van der Waals surface area contributed by atoms with Gasteiger partial charge in [-0.2, -0.15) is 0 Å². The molecule has 0 radical (unpaired) electrons. The number of fused-ring (bicyclic) bond motifs is 1. The highest BCUT2D eigenvalue weighted by molar-refractivity contribution is 8.21. The summed E-state index contributed by atoms with van der Waals surface area (Å²) in [6, 6.07) is 7.75. The van der Waals surface area contributed by atoms with E-state index in [1.54, 1.807) is 6.20 Å². The molecule has 1 N–H and O–H groups in total. The highest BCUT2D eigenvalue weighted by atomic mass is 32.2. The van der Waals surface area contributed by atoms with Crippen molar-refractivity contribution in [1.29, 1.82) is 0 Å². The van der Waals surface area contributed by atoms with Crippen molar-refractivity contribution in [3.8, 4) is 0 Å². The number of amides is 1. The van der Waals surface area contributed by atoms with Crippen molar-refractivity contribution in [3.63, 3.8) is 0 Å². The van der Waals surface area contributed by atoms with Gasteiger partial charge in [0.15, 0.2) is 0 Å². The summed E-state index contributed by atoms with van der Waals surface area (Å²) in [4.78, 5) is 24.4. The second-order valence-electron chi connectivity index (χ2n) is 7.34.